The lowest BCUT2D eigenvalue weighted by atomic mass is 9.97. The summed E-state index contributed by atoms with van der Waals surface area (Å²) in [6.07, 6.45) is 0. The van der Waals surface area contributed by atoms with Crippen molar-refractivity contribution >= 4 is 8.32 Å². The summed E-state index contributed by atoms with van der Waals surface area (Å²) in [4.78, 5) is 0. The maximum atomic E-state index is 9.46. The molecule has 0 aliphatic heterocycles. The lowest BCUT2D eigenvalue weighted by Crippen LogP contribution is -2.43. The molecule has 0 unspecified atom stereocenters. The largest absolute Gasteiger partial charge is 0.416 e. The maximum absolute atomic E-state index is 9.46. The summed E-state index contributed by atoms with van der Waals surface area (Å²) in [5.74, 6) is 0. The van der Waals surface area contributed by atoms with Crippen LogP contribution in [0.25, 0.3) is 0 Å². The molecule has 3 heteroatoms. The van der Waals surface area contributed by atoms with Crippen LogP contribution in [-0.4, -0.2) is 26.6 Å². The van der Waals surface area contributed by atoms with Gasteiger partial charge < -0.3 is 9.53 Å². The first-order valence-electron chi connectivity index (χ1n) is 7.77. The molecule has 0 heterocycles. The molecule has 0 aromatic rings. The molecule has 0 amide bonds. The highest BCUT2D eigenvalue weighted by molar-refractivity contribution is 6.74. The van der Waals surface area contributed by atoms with Crippen LogP contribution in [0.3, 0.4) is 0 Å². The smallest absolute Gasteiger partial charge is 0.192 e. The topological polar surface area (TPSA) is 29.5 Å². The summed E-state index contributed by atoms with van der Waals surface area (Å²) in [6, 6.07) is 0. The van der Waals surface area contributed by atoms with E-state index in [9.17, 15) is 5.11 Å². The molecule has 0 aromatic carbocycles. The number of aliphatic hydroxyl groups excluding tert-OH is 1. The molecule has 0 fully saturated rings. The minimum absolute atomic E-state index is 0.169. The molecule has 0 saturated carbocycles. The SMILES string of the molecule is [2H]C([2H])([2H])C(CO)(CO[Si](C)(C)C(C)(C)C)C([2H])([2H])[2H]. The third-order valence-electron chi connectivity index (χ3n) is 2.76. The van der Waals surface area contributed by atoms with Gasteiger partial charge in [-0.1, -0.05) is 34.5 Å². The number of hydrogen-bond acceptors (Lipinski definition) is 2. The zero-order valence-corrected chi connectivity index (χ0v) is 10.8. The van der Waals surface area contributed by atoms with Gasteiger partial charge in [0.2, 0.25) is 0 Å². The van der Waals surface area contributed by atoms with Crippen molar-refractivity contribution in [3.63, 3.8) is 0 Å². The van der Waals surface area contributed by atoms with Crippen molar-refractivity contribution in [3.05, 3.63) is 0 Å². The first-order chi connectivity index (χ1) is 8.52. The second-order valence-electron chi connectivity index (χ2n) is 5.29. The van der Waals surface area contributed by atoms with Crippen molar-refractivity contribution in [1.82, 2.24) is 0 Å². The highest BCUT2D eigenvalue weighted by atomic mass is 28.4. The van der Waals surface area contributed by atoms with E-state index in [4.69, 9.17) is 12.7 Å². The molecule has 0 saturated heterocycles. The van der Waals surface area contributed by atoms with E-state index < -0.39 is 40.6 Å². The monoisotopic (exact) mass is 224 g/mol. The van der Waals surface area contributed by atoms with Crippen molar-refractivity contribution in [3.8, 4) is 0 Å². The standard InChI is InChI=1S/C11H26O2Si/c1-10(2,3)14(6,7)13-9-11(4,5)8-12/h12H,8-9H2,1-7H3/i4D3,5D3. The van der Waals surface area contributed by atoms with Gasteiger partial charge in [-0.3, -0.25) is 0 Å². The van der Waals surface area contributed by atoms with Gasteiger partial charge in [0.1, 0.15) is 0 Å². The summed E-state index contributed by atoms with van der Waals surface area (Å²) >= 11 is 0. The molecule has 0 rings (SSSR count). The Labute approximate surface area is 98.2 Å². The predicted octanol–water partition coefficient (Wildman–Crippen LogP) is 3.03. The number of aliphatic hydroxyl groups is 1. The van der Waals surface area contributed by atoms with E-state index in [-0.39, 0.29) is 5.04 Å². The van der Waals surface area contributed by atoms with E-state index in [1.54, 1.807) is 0 Å². The Balaban J connectivity index is 5.45. The molecule has 0 radical (unpaired) electrons. The molecule has 0 aliphatic carbocycles. The molecule has 0 atom stereocenters. The van der Waals surface area contributed by atoms with Crippen LogP contribution in [0, 0.1) is 5.41 Å². The fourth-order valence-electron chi connectivity index (χ4n) is 0.566. The molecule has 14 heavy (non-hydrogen) atoms. The Morgan fingerprint density at radius 2 is 1.79 bits per heavy atom. The second-order valence-corrected chi connectivity index (χ2v) is 10.1. The Morgan fingerprint density at radius 1 is 1.29 bits per heavy atom. The van der Waals surface area contributed by atoms with Crippen molar-refractivity contribution in [2.75, 3.05) is 13.2 Å². The van der Waals surface area contributed by atoms with Crippen LogP contribution >= 0.6 is 0 Å². The van der Waals surface area contributed by atoms with Crippen molar-refractivity contribution in [2.45, 2.75) is 52.6 Å². The Hall–Kier alpha value is 0.137. The van der Waals surface area contributed by atoms with Crippen LogP contribution in [0.5, 0.6) is 0 Å². The van der Waals surface area contributed by atoms with Crippen LogP contribution in [0.4, 0.5) is 0 Å². The van der Waals surface area contributed by atoms with Gasteiger partial charge in [0.25, 0.3) is 0 Å². The van der Waals surface area contributed by atoms with Crippen molar-refractivity contribution in [1.29, 1.82) is 0 Å². The van der Waals surface area contributed by atoms with Crippen LogP contribution in [0.2, 0.25) is 18.1 Å². The molecular formula is C11H26O2Si. The molecule has 0 spiro atoms. The molecule has 0 bridgehead atoms. The lowest BCUT2D eigenvalue weighted by Gasteiger charge is -2.38. The molecule has 0 aliphatic rings. The highest BCUT2D eigenvalue weighted by Gasteiger charge is 2.38. The predicted molar refractivity (Wildman–Crippen MR) is 64.0 cm³/mol. The second kappa shape index (κ2) is 4.33. The quantitative estimate of drug-likeness (QED) is 0.744. The van der Waals surface area contributed by atoms with Crippen LogP contribution < -0.4 is 0 Å². The first-order valence-corrected chi connectivity index (χ1v) is 7.67. The zero-order chi connectivity index (χ0) is 16.6. The number of rotatable bonds is 4. The van der Waals surface area contributed by atoms with Crippen LogP contribution in [-0.2, 0) is 4.43 Å². The van der Waals surface area contributed by atoms with E-state index >= 15 is 0 Å². The van der Waals surface area contributed by atoms with Gasteiger partial charge in [-0.05, 0) is 18.1 Å². The van der Waals surface area contributed by atoms with E-state index in [2.05, 4.69) is 0 Å². The zero-order valence-electron chi connectivity index (χ0n) is 15.8. The van der Waals surface area contributed by atoms with Gasteiger partial charge in [-0.2, -0.15) is 0 Å². The van der Waals surface area contributed by atoms with E-state index in [0.29, 0.717) is 0 Å². The van der Waals surface area contributed by atoms with Crippen molar-refractivity contribution in [2.24, 2.45) is 5.41 Å². The maximum Gasteiger partial charge on any atom is 0.192 e. The summed E-state index contributed by atoms with van der Waals surface area (Å²) in [5.41, 5.74) is -2.24. The summed E-state index contributed by atoms with van der Waals surface area (Å²) in [6.45, 7) is 2.65. The average molecular weight is 224 g/mol. The lowest BCUT2D eigenvalue weighted by molar-refractivity contribution is 0.0904. The van der Waals surface area contributed by atoms with Gasteiger partial charge in [0.05, 0.1) is 6.61 Å². The van der Waals surface area contributed by atoms with Crippen LogP contribution in [0.15, 0.2) is 0 Å². The highest BCUT2D eigenvalue weighted by Crippen LogP contribution is 2.37. The Bertz CT molecular complexity index is 315. The van der Waals surface area contributed by atoms with Gasteiger partial charge in [-0.15, -0.1) is 0 Å². The van der Waals surface area contributed by atoms with Gasteiger partial charge in [-0.25, -0.2) is 0 Å². The molecule has 2 nitrogen and oxygen atoms in total. The average Bonchev–Trinajstić information content (AvgIpc) is 2.12. The Kier molecular flexibility index (Phi) is 2.06. The number of hydrogen-bond donors (Lipinski definition) is 1. The summed E-state index contributed by atoms with van der Waals surface area (Å²) in [5, 5.41) is 9.29. The minimum Gasteiger partial charge on any atom is -0.416 e. The van der Waals surface area contributed by atoms with Gasteiger partial charge in [0, 0.05) is 20.2 Å². The minimum atomic E-state index is -2.82. The molecule has 1 N–H and O–H groups in total. The van der Waals surface area contributed by atoms with Gasteiger partial charge >= 0.3 is 0 Å². The van der Waals surface area contributed by atoms with Gasteiger partial charge in [0.15, 0.2) is 8.32 Å². The molecule has 0 aromatic heterocycles. The normalized spacial score (nSPS) is 22.7. The molecular weight excluding hydrogens is 192 g/mol. The van der Waals surface area contributed by atoms with E-state index in [1.165, 1.54) is 0 Å². The van der Waals surface area contributed by atoms with Crippen molar-refractivity contribution < 1.29 is 17.8 Å². The van der Waals surface area contributed by atoms with E-state index in [0.717, 1.165) is 0 Å². The fraction of sp³-hybridized carbons (Fsp3) is 1.00. The fourth-order valence-corrected chi connectivity index (χ4v) is 1.61. The summed E-state index contributed by atoms with van der Waals surface area (Å²) in [7, 11) is -2.30. The Morgan fingerprint density at radius 3 is 2.07 bits per heavy atom. The third kappa shape index (κ3) is 4.11. The first kappa shape index (κ1) is 6.66. The van der Waals surface area contributed by atoms with E-state index in [1.807, 2.05) is 33.9 Å². The molecule has 86 valence electrons. The summed E-state index contributed by atoms with van der Waals surface area (Å²) < 4.78 is 50.8. The van der Waals surface area contributed by atoms with Crippen LogP contribution in [0.1, 0.15) is 42.7 Å². The third-order valence-corrected chi connectivity index (χ3v) is 7.23.